The number of esters is 1. The minimum atomic E-state index is -0.336. The van der Waals surface area contributed by atoms with E-state index in [9.17, 15) is 4.79 Å². The fourth-order valence-electron chi connectivity index (χ4n) is 2.64. The van der Waals surface area contributed by atoms with Gasteiger partial charge in [-0.05, 0) is 43.3 Å². The summed E-state index contributed by atoms with van der Waals surface area (Å²) >= 11 is 0. The van der Waals surface area contributed by atoms with Crippen molar-refractivity contribution in [2.24, 2.45) is 0 Å². The number of hydrogen-bond donors (Lipinski definition) is 1. The third kappa shape index (κ3) is 2.92. The third-order valence-corrected chi connectivity index (χ3v) is 3.73. The molecule has 2 heterocycles. The molecule has 1 fully saturated rings. The van der Waals surface area contributed by atoms with Gasteiger partial charge in [0.25, 0.3) is 0 Å². The van der Waals surface area contributed by atoms with Crippen molar-refractivity contribution in [1.82, 2.24) is 15.3 Å². The van der Waals surface area contributed by atoms with Crippen LogP contribution in [0.2, 0.25) is 0 Å². The molecule has 1 aliphatic heterocycles. The summed E-state index contributed by atoms with van der Waals surface area (Å²) in [5.41, 5.74) is 1.50. The van der Waals surface area contributed by atoms with Crippen LogP contribution in [0.4, 0.5) is 11.6 Å². The number of methoxy groups -OCH3 is 1. The standard InChI is InChI=1S/C16H18N4O2/c1-22-15(21)12-3-5-13(6-4-12)20(14-7-10-17-11-14)16-18-8-2-9-19-16/h2-6,8-9,14,17H,7,10-11H2,1H3. The lowest BCUT2D eigenvalue weighted by molar-refractivity contribution is 0.0601. The summed E-state index contributed by atoms with van der Waals surface area (Å²) < 4.78 is 4.73. The molecule has 1 unspecified atom stereocenters. The van der Waals surface area contributed by atoms with Crippen molar-refractivity contribution < 1.29 is 9.53 Å². The van der Waals surface area contributed by atoms with Crippen molar-refractivity contribution in [1.29, 1.82) is 0 Å². The van der Waals surface area contributed by atoms with Crippen LogP contribution in [0, 0.1) is 0 Å². The maximum atomic E-state index is 11.6. The molecule has 1 N–H and O–H groups in total. The lowest BCUT2D eigenvalue weighted by Gasteiger charge is -2.28. The Labute approximate surface area is 129 Å². The monoisotopic (exact) mass is 298 g/mol. The van der Waals surface area contributed by atoms with Gasteiger partial charge in [-0.2, -0.15) is 0 Å². The molecular weight excluding hydrogens is 280 g/mol. The van der Waals surface area contributed by atoms with E-state index in [-0.39, 0.29) is 5.97 Å². The van der Waals surface area contributed by atoms with Crippen LogP contribution in [0.15, 0.2) is 42.7 Å². The average Bonchev–Trinajstić information content (AvgIpc) is 3.10. The van der Waals surface area contributed by atoms with Crippen molar-refractivity contribution in [3.05, 3.63) is 48.3 Å². The largest absolute Gasteiger partial charge is 0.465 e. The van der Waals surface area contributed by atoms with Gasteiger partial charge in [-0.15, -0.1) is 0 Å². The van der Waals surface area contributed by atoms with Crippen LogP contribution >= 0.6 is 0 Å². The number of ether oxygens (including phenoxy) is 1. The highest BCUT2D eigenvalue weighted by Crippen LogP contribution is 2.27. The Bertz CT molecular complexity index is 624. The number of anilines is 2. The molecule has 0 saturated carbocycles. The SMILES string of the molecule is COC(=O)c1ccc(N(c2ncccn2)C2CCNC2)cc1. The number of rotatable bonds is 4. The van der Waals surface area contributed by atoms with Gasteiger partial charge in [0.05, 0.1) is 18.7 Å². The van der Waals surface area contributed by atoms with Crippen LogP contribution in [-0.2, 0) is 4.74 Å². The lowest BCUT2D eigenvalue weighted by atomic mass is 10.1. The van der Waals surface area contributed by atoms with Gasteiger partial charge in [0, 0.05) is 24.6 Å². The molecule has 0 aliphatic carbocycles. The van der Waals surface area contributed by atoms with Crippen LogP contribution in [0.3, 0.4) is 0 Å². The number of nitrogens with zero attached hydrogens (tertiary/aromatic N) is 3. The Kier molecular flexibility index (Phi) is 4.29. The second-order valence-corrected chi connectivity index (χ2v) is 5.10. The highest BCUT2D eigenvalue weighted by atomic mass is 16.5. The second kappa shape index (κ2) is 6.53. The van der Waals surface area contributed by atoms with Crippen LogP contribution < -0.4 is 10.2 Å². The first-order chi connectivity index (χ1) is 10.8. The summed E-state index contributed by atoms with van der Waals surface area (Å²) in [5.74, 6) is 0.332. The summed E-state index contributed by atoms with van der Waals surface area (Å²) in [7, 11) is 1.38. The van der Waals surface area contributed by atoms with Crippen LogP contribution in [0.25, 0.3) is 0 Å². The topological polar surface area (TPSA) is 67.3 Å². The molecule has 6 nitrogen and oxygen atoms in total. The number of aromatic nitrogens is 2. The fraction of sp³-hybridized carbons (Fsp3) is 0.312. The van der Waals surface area contributed by atoms with Gasteiger partial charge < -0.3 is 15.0 Å². The molecule has 0 bridgehead atoms. The van der Waals surface area contributed by atoms with Gasteiger partial charge in [-0.3, -0.25) is 0 Å². The van der Waals surface area contributed by atoms with Crippen LogP contribution in [0.1, 0.15) is 16.8 Å². The zero-order valence-corrected chi connectivity index (χ0v) is 12.4. The zero-order chi connectivity index (χ0) is 15.4. The Morgan fingerprint density at radius 2 is 2.00 bits per heavy atom. The minimum absolute atomic E-state index is 0.298. The third-order valence-electron chi connectivity index (χ3n) is 3.73. The first-order valence-electron chi connectivity index (χ1n) is 7.25. The van der Waals surface area contributed by atoms with Gasteiger partial charge in [-0.1, -0.05) is 0 Å². The van der Waals surface area contributed by atoms with Gasteiger partial charge >= 0.3 is 5.97 Å². The van der Waals surface area contributed by atoms with E-state index in [2.05, 4.69) is 20.2 Å². The summed E-state index contributed by atoms with van der Waals surface area (Å²) in [6.45, 7) is 1.87. The van der Waals surface area contributed by atoms with Crippen molar-refractivity contribution >= 4 is 17.6 Å². The van der Waals surface area contributed by atoms with Crippen LogP contribution in [0.5, 0.6) is 0 Å². The van der Waals surface area contributed by atoms with Crippen molar-refractivity contribution in [3.63, 3.8) is 0 Å². The summed E-state index contributed by atoms with van der Waals surface area (Å²) in [6.07, 6.45) is 4.50. The van der Waals surface area contributed by atoms with E-state index in [1.165, 1.54) is 7.11 Å². The maximum absolute atomic E-state index is 11.6. The summed E-state index contributed by atoms with van der Waals surface area (Å²) in [6, 6.07) is 9.43. The Balaban J connectivity index is 1.93. The van der Waals surface area contributed by atoms with E-state index in [0.717, 1.165) is 25.2 Å². The summed E-state index contributed by atoms with van der Waals surface area (Å²) in [5, 5.41) is 3.36. The maximum Gasteiger partial charge on any atom is 0.337 e. The predicted octanol–water partition coefficient (Wildman–Crippen LogP) is 1.76. The molecule has 2 aromatic rings. The number of carbonyl (C=O) groups is 1. The highest BCUT2D eigenvalue weighted by molar-refractivity contribution is 5.89. The Morgan fingerprint density at radius 1 is 1.27 bits per heavy atom. The quantitative estimate of drug-likeness (QED) is 0.868. The van der Waals surface area contributed by atoms with Crippen LogP contribution in [-0.4, -0.2) is 42.2 Å². The smallest absolute Gasteiger partial charge is 0.337 e. The Hall–Kier alpha value is -2.47. The Morgan fingerprint density at radius 3 is 2.59 bits per heavy atom. The minimum Gasteiger partial charge on any atom is -0.465 e. The van der Waals surface area contributed by atoms with E-state index in [1.54, 1.807) is 30.6 Å². The van der Waals surface area contributed by atoms with E-state index in [0.29, 0.717) is 17.6 Å². The molecule has 3 rings (SSSR count). The zero-order valence-electron chi connectivity index (χ0n) is 12.4. The summed E-state index contributed by atoms with van der Waals surface area (Å²) in [4.78, 5) is 22.4. The number of nitrogens with one attached hydrogen (secondary N) is 1. The fourth-order valence-corrected chi connectivity index (χ4v) is 2.64. The lowest BCUT2D eigenvalue weighted by Crippen LogP contribution is -2.34. The molecule has 0 spiro atoms. The molecule has 114 valence electrons. The molecule has 1 atom stereocenters. The first-order valence-corrected chi connectivity index (χ1v) is 7.25. The predicted molar refractivity (Wildman–Crippen MR) is 83.2 cm³/mol. The number of hydrogen-bond acceptors (Lipinski definition) is 6. The van der Waals surface area contributed by atoms with Gasteiger partial charge in [0.2, 0.25) is 5.95 Å². The average molecular weight is 298 g/mol. The molecule has 1 saturated heterocycles. The normalized spacial score (nSPS) is 17.2. The van der Waals surface area contributed by atoms with E-state index in [1.807, 2.05) is 12.1 Å². The first kappa shape index (κ1) is 14.5. The molecule has 22 heavy (non-hydrogen) atoms. The molecule has 6 heteroatoms. The van der Waals surface area contributed by atoms with Crippen molar-refractivity contribution in [3.8, 4) is 0 Å². The molecule has 0 radical (unpaired) electrons. The molecule has 1 aromatic carbocycles. The highest BCUT2D eigenvalue weighted by Gasteiger charge is 2.25. The molecule has 0 amide bonds. The van der Waals surface area contributed by atoms with Gasteiger partial charge in [-0.25, -0.2) is 14.8 Å². The van der Waals surface area contributed by atoms with E-state index < -0.39 is 0 Å². The van der Waals surface area contributed by atoms with Gasteiger partial charge in [0.15, 0.2) is 0 Å². The number of benzene rings is 1. The molecule has 1 aliphatic rings. The van der Waals surface area contributed by atoms with Crippen molar-refractivity contribution in [2.75, 3.05) is 25.1 Å². The van der Waals surface area contributed by atoms with E-state index >= 15 is 0 Å². The van der Waals surface area contributed by atoms with E-state index in [4.69, 9.17) is 4.74 Å². The number of carbonyl (C=O) groups excluding carboxylic acids is 1. The van der Waals surface area contributed by atoms with Crippen molar-refractivity contribution in [2.45, 2.75) is 12.5 Å². The molecular formula is C16H18N4O2. The van der Waals surface area contributed by atoms with Gasteiger partial charge in [0.1, 0.15) is 0 Å². The second-order valence-electron chi connectivity index (χ2n) is 5.10. The molecule has 1 aromatic heterocycles.